The van der Waals surface area contributed by atoms with Crippen LogP contribution in [0, 0.1) is 0 Å². The van der Waals surface area contributed by atoms with E-state index in [1.807, 2.05) is 37.4 Å². The second-order valence-corrected chi connectivity index (χ2v) is 9.44. The SMILES string of the molecule is C[C@@H](NS(=O)(=O)c1ccc(OCC(=O)N2CCN(C)CC2)c(Cl)c1)c1ccccc1. The van der Waals surface area contributed by atoms with Gasteiger partial charge in [0.25, 0.3) is 5.91 Å². The van der Waals surface area contributed by atoms with Crippen molar-refractivity contribution in [1.29, 1.82) is 0 Å². The first-order valence-electron chi connectivity index (χ1n) is 9.72. The Bertz CT molecular complexity index is 977. The lowest BCUT2D eigenvalue weighted by molar-refractivity contribution is -0.134. The lowest BCUT2D eigenvalue weighted by Gasteiger charge is -2.32. The van der Waals surface area contributed by atoms with E-state index >= 15 is 0 Å². The lowest BCUT2D eigenvalue weighted by atomic mass is 10.1. The second kappa shape index (κ2) is 9.78. The van der Waals surface area contributed by atoms with Crippen molar-refractivity contribution in [2.75, 3.05) is 39.8 Å². The Hall–Kier alpha value is -2.13. The van der Waals surface area contributed by atoms with Gasteiger partial charge in [-0.25, -0.2) is 13.1 Å². The minimum Gasteiger partial charge on any atom is -0.482 e. The molecule has 2 aromatic carbocycles. The first kappa shape index (κ1) is 22.6. The van der Waals surface area contributed by atoms with Crippen LogP contribution in [0.5, 0.6) is 5.75 Å². The summed E-state index contributed by atoms with van der Waals surface area (Å²) in [5, 5.41) is 0.136. The molecule has 0 bridgehead atoms. The highest BCUT2D eigenvalue weighted by Crippen LogP contribution is 2.28. The van der Waals surface area contributed by atoms with Crippen LogP contribution in [0.25, 0.3) is 0 Å². The Labute approximate surface area is 182 Å². The number of benzene rings is 2. The van der Waals surface area contributed by atoms with Gasteiger partial charge in [-0.2, -0.15) is 0 Å². The van der Waals surface area contributed by atoms with Crippen molar-refractivity contribution in [2.24, 2.45) is 0 Å². The first-order chi connectivity index (χ1) is 14.3. The van der Waals surface area contributed by atoms with Gasteiger partial charge in [0.2, 0.25) is 10.0 Å². The van der Waals surface area contributed by atoms with Crippen LogP contribution < -0.4 is 9.46 Å². The van der Waals surface area contributed by atoms with Crippen LogP contribution in [0.4, 0.5) is 0 Å². The molecule has 162 valence electrons. The fourth-order valence-corrected chi connectivity index (χ4v) is 4.72. The van der Waals surface area contributed by atoms with Gasteiger partial charge in [0.05, 0.1) is 9.92 Å². The summed E-state index contributed by atoms with van der Waals surface area (Å²) in [7, 11) is -1.75. The Kier molecular flexibility index (Phi) is 7.36. The molecule has 3 rings (SSSR count). The number of nitrogens with one attached hydrogen (secondary N) is 1. The number of halogens is 1. The molecular formula is C21H26ClN3O4S. The van der Waals surface area contributed by atoms with Crippen LogP contribution in [0.1, 0.15) is 18.5 Å². The van der Waals surface area contributed by atoms with E-state index in [9.17, 15) is 13.2 Å². The third-order valence-corrected chi connectivity index (χ3v) is 6.89. The van der Waals surface area contributed by atoms with E-state index in [2.05, 4.69) is 9.62 Å². The van der Waals surface area contributed by atoms with Gasteiger partial charge in [-0.3, -0.25) is 4.79 Å². The summed E-state index contributed by atoms with van der Waals surface area (Å²) in [4.78, 5) is 16.3. The Morgan fingerprint density at radius 3 is 2.43 bits per heavy atom. The summed E-state index contributed by atoms with van der Waals surface area (Å²) in [5.41, 5.74) is 0.856. The predicted molar refractivity (Wildman–Crippen MR) is 116 cm³/mol. The molecule has 0 spiro atoms. The summed E-state index contributed by atoms with van der Waals surface area (Å²) >= 11 is 6.23. The minimum atomic E-state index is -3.77. The number of piperazine rings is 1. The van der Waals surface area contributed by atoms with Crippen molar-refractivity contribution in [2.45, 2.75) is 17.9 Å². The molecule has 0 aliphatic carbocycles. The molecule has 1 aliphatic rings. The van der Waals surface area contributed by atoms with Gasteiger partial charge in [0.15, 0.2) is 6.61 Å². The fourth-order valence-electron chi connectivity index (χ4n) is 3.16. The number of hydrogen-bond acceptors (Lipinski definition) is 5. The third-order valence-electron chi connectivity index (χ3n) is 5.05. The number of rotatable bonds is 7. The molecule has 1 N–H and O–H groups in total. The molecule has 1 amide bonds. The van der Waals surface area contributed by atoms with Crippen molar-refractivity contribution in [1.82, 2.24) is 14.5 Å². The predicted octanol–water partition coefficient (Wildman–Crippen LogP) is 2.53. The third kappa shape index (κ3) is 5.72. The lowest BCUT2D eigenvalue weighted by Crippen LogP contribution is -2.48. The summed E-state index contributed by atoms with van der Waals surface area (Å²) in [6.45, 7) is 4.61. The van der Waals surface area contributed by atoms with Crippen molar-refractivity contribution in [3.63, 3.8) is 0 Å². The Balaban J connectivity index is 1.62. The van der Waals surface area contributed by atoms with Crippen LogP contribution in [-0.4, -0.2) is 64.0 Å². The van der Waals surface area contributed by atoms with Gasteiger partial charge in [-0.05, 0) is 37.7 Å². The van der Waals surface area contributed by atoms with Crippen molar-refractivity contribution in [3.8, 4) is 5.75 Å². The van der Waals surface area contributed by atoms with E-state index < -0.39 is 16.1 Å². The van der Waals surface area contributed by atoms with Crippen molar-refractivity contribution < 1.29 is 17.9 Å². The van der Waals surface area contributed by atoms with E-state index in [0.717, 1.165) is 18.7 Å². The molecule has 0 unspecified atom stereocenters. The molecule has 9 heteroatoms. The highest BCUT2D eigenvalue weighted by Gasteiger charge is 2.22. The van der Waals surface area contributed by atoms with E-state index in [-0.39, 0.29) is 28.2 Å². The maximum atomic E-state index is 12.7. The molecule has 1 heterocycles. The molecule has 2 aromatic rings. The molecule has 0 aromatic heterocycles. The van der Waals surface area contributed by atoms with Gasteiger partial charge in [-0.1, -0.05) is 41.9 Å². The fraction of sp³-hybridized carbons (Fsp3) is 0.381. The molecule has 7 nitrogen and oxygen atoms in total. The number of hydrogen-bond donors (Lipinski definition) is 1. The number of likely N-dealkylation sites (N-methyl/N-ethyl adjacent to an activating group) is 1. The number of ether oxygens (including phenoxy) is 1. The quantitative estimate of drug-likeness (QED) is 0.699. The standard InChI is InChI=1S/C21H26ClN3O4S/c1-16(17-6-4-3-5-7-17)23-30(27,28)18-8-9-20(19(22)14-18)29-15-21(26)25-12-10-24(2)11-13-25/h3-9,14,16,23H,10-13,15H2,1-2H3/t16-/m1/s1. The molecule has 0 saturated carbocycles. The zero-order valence-corrected chi connectivity index (χ0v) is 18.6. The van der Waals surface area contributed by atoms with Gasteiger partial charge < -0.3 is 14.5 Å². The Morgan fingerprint density at radius 1 is 1.13 bits per heavy atom. The summed E-state index contributed by atoms with van der Waals surface area (Å²) in [6, 6.07) is 13.1. The highest BCUT2D eigenvalue weighted by atomic mass is 35.5. The van der Waals surface area contributed by atoms with Crippen LogP contribution in [0.2, 0.25) is 5.02 Å². The maximum absolute atomic E-state index is 12.7. The summed E-state index contributed by atoms with van der Waals surface area (Å²) < 4.78 is 33.6. The van der Waals surface area contributed by atoms with Crippen molar-refractivity contribution >= 4 is 27.5 Å². The molecule has 1 fully saturated rings. The topological polar surface area (TPSA) is 78.9 Å². The zero-order valence-electron chi connectivity index (χ0n) is 17.0. The Morgan fingerprint density at radius 2 is 1.80 bits per heavy atom. The van der Waals surface area contributed by atoms with Gasteiger partial charge in [-0.15, -0.1) is 0 Å². The van der Waals surface area contributed by atoms with Gasteiger partial charge in [0.1, 0.15) is 5.75 Å². The number of sulfonamides is 1. The van der Waals surface area contributed by atoms with Crippen molar-refractivity contribution in [3.05, 3.63) is 59.1 Å². The molecule has 1 aliphatic heterocycles. The monoisotopic (exact) mass is 451 g/mol. The molecule has 1 atom stereocenters. The van der Waals surface area contributed by atoms with E-state index in [1.165, 1.54) is 18.2 Å². The molecule has 0 radical (unpaired) electrons. The van der Waals surface area contributed by atoms with Crippen LogP contribution >= 0.6 is 11.6 Å². The number of amides is 1. The molecular weight excluding hydrogens is 426 g/mol. The van der Waals surface area contributed by atoms with Gasteiger partial charge in [0, 0.05) is 32.2 Å². The number of carbonyl (C=O) groups excluding carboxylic acids is 1. The average molecular weight is 452 g/mol. The second-order valence-electron chi connectivity index (χ2n) is 7.32. The highest BCUT2D eigenvalue weighted by molar-refractivity contribution is 7.89. The summed E-state index contributed by atoms with van der Waals surface area (Å²) in [5.74, 6) is 0.156. The van der Waals surface area contributed by atoms with E-state index in [4.69, 9.17) is 16.3 Å². The minimum absolute atomic E-state index is 0.0352. The smallest absolute Gasteiger partial charge is 0.260 e. The summed E-state index contributed by atoms with van der Waals surface area (Å²) in [6.07, 6.45) is 0. The van der Waals surface area contributed by atoms with Crippen LogP contribution in [-0.2, 0) is 14.8 Å². The average Bonchev–Trinajstić information content (AvgIpc) is 2.73. The zero-order chi connectivity index (χ0) is 21.7. The molecule has 30 heavy (non-hydrogen) atoms. The van der Waals surface area contributed by atoms with Crippen LogP contribution in [0.3, 0.4) is 0 Å². The normalized spacial score (nSPS) is 16.3. The number of nitrogens with zero attached hydrogens (tertiary/aromatic N) is 2. The molecule has 1 saturated heterocycles. The van der Waals surface area contributed by atoms with Gasteiger partial charge >= 0.3 is 0 Å². The first-order valence-corrected chi connectivity index (χ1v) is 11.6. The van der Waals surface area contributed by atoms with E-state index in [1.54, 1.807) is 11.8 Å². The van der Waals surface area contributed by atoms with Crippen LogP contribution in [0.15, 0.2) is 53.4 Å². The maximum Gasteiger partial charge on any atom is 0.260 e. The van der Waals surface area contributed by atoms with E-state index in [0.29, 0.717) is 13.1 Å². The number of carbonyl (C=O) groups is 1. The largest absolute Gasteiger partial charge is 0.482 e.